The van der Waals surface area contributed by atoms with Gasteiger partial charge in [0.05, 0.1) is 23.7 Å². The summed E-state index contributed by atoms with van der Waals surface area (Å²) in [7, 11) is 0. The van der Waals surface area contributed by atoms with Gasteiger partial charge >= 0.3 is 0 Å². The Kier molecular flexibility index (Phi) is 6.51. The molecule has 0 saturated heterocycles. The maximum atomic E-state index is 12.5. The molecular weight excluding hydrogens is 356 g/mol. The Morgan fingerprint density at radius 2 is 2.18 bits per heavy atom. The molecule has 0 aliphatic carbocycles. The first-order valence-electron chi connectivity index (χ1n) is 9.10. The van der Waals surface area contributed by atoms with E-state index >= 15 is 0 Å². The first-order chi connectivity index (χ1) is 13.6. The molecule has 0 fully saturated rings. The highest BCUT2D eigenvalue weighted by Gasteiger charge is 2.03. The Labute approximate surface area is 162 Å². The van der Waals surface area contributed by atoms with Gasteiger partial charge in [-0.25, -0.2) is 4.98 Å². The van der Waals surface area contributed by atoms with E-state index in [0.717, 1.165) is 24.2 Å². The first-order valence-corrected chi connectivity index (χ1v) is 9.10. The summed E-state index contributed by atoms with van der Waals surface area (Å²) in [6.07, 6.45) is 9.13. The lowest BCUT2D eigenvalue weighted by atomic mass is 10.2. The van der Waals surface area contributed by atoms with E-state index < -0.39 is 0 Å². The number of carbonyl (C=O) groups excluding carboxylic acids is 1. The topological polar surface area (TPSA) is 86.1 Å². The van der Waals surface area contributed by atoms with Gasteiger partial charge in [-0.3, -0.25) is 19.1 Å². The van der Waals surface area contributed by atoms with E-state index in [1.54, 1.807) is 18.5 Å². The zero-order chi connectivity index (χ0) is 19.8. The number of rotatable bonds is 8. The van der Waals surface area contributed by atoms with Gasteiger partial charge in [-0.15, -0.1) is 0 Å². The maximum absolute atomic E-state index is 12.5. The second kappa shape index (κ2) is 9.45. The van der Waals surface area contributed by atoms with Crippen molar-refractivity contribution in [3.63, 3.8) is 0 Å². The quantitative estimate of drug-likeness (QED) is 0.481. The maximum Gasteiger partial charge on any atom is 0.265 e. The van der Waals surface area contributed by atoms with E-state index in [-0.39, 0.29) is 11.5 Å². The van der Waals surface area contributed by atoms with E-state index in [9.17, 15) is 9.59 Å². The normalized spacial score (nSPS) is 11.0. The Hall–Kier alpha value is -3.48. The number of nitrogens with zero attached hydrogens (tertiary/aromatic N) is 3. The summed E-state index contributed by atoms with van der Waals surface area (Å²) >= 11 is 0. The predicted octanol–water partition coefficient (Wildman–Crippen LogP) is 2.55. The minimum absolute atomic E-state index is 0.203. The fourth-order valence-corrected chi connectivity index (χ4v) is 2.62. The van der Waals surface area contributed by atoms with Crippen LogP contribution in [-0.2, 0) is 4.79 Å². The summed E-state index contributed by atoms with van der Waals surface area (Å²) in [5.74, 6) is 0.475. The van der Waals surface area contributed by atoms with Gasteiger partial charge in [-0.2, -0.15) is 0 Å². The van der Waals surface area contributed by atoms with Crippen LogP contribution in [0.15, 0.2) is 59.9 Å². The Bertz CT molecular complexity index is 1030. The molecule has 0 unspecified atom stereocenters. The summed E-state index contributed by atoms with van der Waals surface area (Å²) in [6.45, 7) is 3.01. The zero-order valence-corrected chi connectivity index (χ0v) is 15.7. The van der Waals surface area contributed by atoms with Gasteiger partial charge < -0.3 is 10.1 Å². The van der Waals surface area contributed by atoms with Gasteiger partial charge in [0.2, 0.25) is 5.91 Å². The number of hydrogen-bond donors (Lipinski definition) is 1. The molecule has 144 valence electrons. The third kappa shape index (κ3) is 5.26. The number of nitrogens with one attached hydrogen (secondary N) is 1. The molecule has 28 heavy (non-hydrogen) atoms. The molecule has 2 heterocycles. The number of carbonyl (C=O) groups is 1. The van der Waals surface area contributed by atoms with Crippen LogP contribution in [0.2, 0.25) is 0 Å². The van der Waals surface area contributed by atoms with Crippen molar-refractivity contribution in [1.82, 2.24) is 19.9 Å². The van der Waals surface area contributed by atoms with Crippen molar-refractivity contribution >= 4 is 23.0 Å². The van der Waals surface area contributed by atoms with Crippen molar-refractivity contribution in [2.24, 2.45) is 0 Å². The highest BCUT2D eigenvalue weighted by Crippen LogP contribution is 2.09. The molecule has 0 atom stereocenters. The van der Waals surface area contributed by atoms with Crippen LogP contribution in [0.4, 0.5) is 0 Å². The average Bonchev–Trinajstić information content (AvgIpc) is 2.71. The minimum atomic E-state index is -0.260. The van der Waals surface area contributed by atoms with E-state index in [2.05, 4.69) is 15.3 Å². The molecular formula is C21H22N4O3. The van der Waals surface area contributed by atoms with E-state index in [0.29, 0.717) is 24.1 Å². The van der Waals surface area contributed by atoms with Crippen molar-refractivity contribution in [3.05, 3.63) is 71.0 Å². The van der Waals surface area contributed by atoms with Crippen LogP contribution in [0, 0.1) is 6.92 Å². The van der Waals surface area contributed by atoms with Crippen LogP contribution in [0.1, 0.15) is 18.4 Å². The molecule has 1 amide bonds. The molecule has 0 saturated carbocycles. The Morgan fingerprint density at radius 1 is 1.29 bits per heavy atom. The predicted molar refractivity (Wildman–Crippen MR) is 108 cm³/mol. The number of fused-ring (bicyclic) bond motifs is 1. The number of aryl methyl sites for hydroxylation is 1. The Balaban J connectivity index is 1.44. The zero-order valence-electron chi connectivity index (χ0n) is 15.7. The summed E-state index contributed by atoms with van der Waals surface area (Å²) in [4.78, 5) is 32.6. The van der Waals surface area contributed by atoms with Gasteiger partial charge in [-0.05, 0) is 44.0 Å². The minimum Gasteiger partial charge on any atom is -0.492 e. The van der Waals surface area contributed by atoms with E-state index in [1.165, 1.54) is 23.2 Å². The summed E-state index contributed by atoms with van der Waals surface area (Å²) in [6, 6.07) is 9.18. The lowest BCUT2D eigenvalue weighted by Gasteiger charge is -2.06. The van der Waals surface area contributed by atoms with Crippen molar-refractivity contribution in [2.75, 3.05) is 13.2 Å². The van der Waals surface area contributed by atoms with Gasteiger partial charge in [0, 0.05) is 25.0 Å². The molecule has 7 heteroatoms. The number of unbranched alkanes of at least 4 members (excludes halogenated alkanes) is 1. The fourth-order valence-electron chi connectivity index (χ4n) is 2.62. The average molecular weight is 378 g/mol. The molecule has 0 aliphatic heterocycles. The Morgan fingerprint density at radius 3 is 3.00 bits per heavy atom. The molecule has 1 N–H and O–H groups in total. The van der Waals surface area contributed by atoms with Crippen molar-refractivity contribution in [3.8, 4) is 5.75 Å². The van der Waals surface area contributed by atoms with Crippen LogP contribution < -0.4 is 15.6 Å². The molecule has 0 aliphatic rings. The van der Waals surface area contributed by atoms with Crippen LogP contribution in [0.5, 0.6) is 5.75 Å². The second-order valence-electron chi connectivity index (χ2n) is 6.33. The number of amides is 1. The second-order valence-corrected chi connectivity index (χ2v) is 6.33. The highest BCUT2D eigenvalue weighted by atomic mass is 16.5. The van der Waals surface area contributed by atoms with Crippen molar-refractivity contribution in [2.45, 2.75) is 19.8 Å². The highest BCUT2D eigenvalue weighted by molar-refractivity contribution is 5.90. The molecule has 2 aromatic heterocycles. The van der Waals surface area contributed by atoms with Crippen LogP contribution >= 0.6 is 0 Å². The summed E-state index contributed by atoms with van der Waals surface area (Å²) < 4.78 is 6.85. The molecule has 3 rings (SSSR count). The molecule has 0 spiro atoms. The summed E-state index contributed by atoms with van der Waals surface area (Å²) in [5.41, 5.74) is 1.42. The van der Waals surface area contributed by atoms with E-state index in [1.807, 2.05) is 31.2 Å². The molecule has 0 bridgehead atoms. The lowest BCUT2D eigenvalue weighted by molar-refractivity contribution is -0.116. The smallest absolute Gasteiger partial charge is 0.265 e. The third-order valence-electron chi connectivity index (χ3n) is 4.10. The number of ether oxygens (including phenoxy) is 1. The number of aromatic nitrogens is 3. The van der Waals surface area contributed by atoms with Crippen LogP contribution in [0.25, 0.3) is 17.1 Å². The van der Waals surface area contributed by atoms with Gasteiger partial charge in [-0.1, -0.05) is 11.6 Å². The number of pyridine rings is 1. The van der Waals surface area contributed by atoms with Gasteiger partial charge in [0.1, 0.15) is 12.1 Å². The number of hydrogen-bond acceptors (Lipinski definition) is 5. The summed E-state index contributed by atoms with van der Waals surface area (Å²) in [5, 5.41) is 3.32. The SMILES string of the molecule is Cc1ccc2ncn(/C=C/C(=O)NCCCCOc3cccnc3)c(=O)c2c1. The van der Waals surface area contributed by atoms with Gasteiger partial charge in [0.15, 0.2) is 0 Å². The van der Waals surface area contributed by atoms with Gasteiger partial charge in [0.25, 0.3) is 5.56 Å². The molecule has 7 nitrogen and oxygen atoms in total. The van der Waals surface area contributed by atoms with Crippen molar-refractivity contribution < 1.29 is 9.53 Å². The lowest BCUT2D eigenvalue weighted by Crippen LogP contribution is -2.23. The fraction of sp³-hybridized carbons (Fsp3) is 0.238. The van der Waals surface area contributed by atoms with E-state index in [4.69, 9.17) is 4.74 Å². The van der Waals surface area contributed by atoms with Crippen LogP contribution in [0.3, 0.4) is 0 Å². The monoisotopic (exact) mass is 378 g/mol. The third-order valence-corrected chi connectivity index (χ3v) is 4.10. The molecule has 0 radical (unpaired) electrons. The largest absolute Gasteiger partial charge is 0.492 e. The molecule has 3 aromatic rings. The number of benzene rings is 1. The first kappa shape index (κ1) is 19.3. The standard InChI is InChI=1S/C21H22N4O3/c1-16-6-7-19-18(13-16)21(27)25(15-24-19)11-8-20(26)23-10-2-3-12-28-17-5-4-9-22-14-17/h4-9,11,13-15H,2-3,10,12H2,1H3,(H,23,26)/b11-8+. The van der Waals surface area contributed by atoms with Crippen molar-refractivity contribution in [1.29, 1.82) is 0 Å². The molecule has 1 aromatic carbocycles. The van der Waals surface area contributed by atoms with Crippen LogP contribution in [-0.4, -0.2) is 33.6 Å².